The Bertz CT molecular complexity index is 291. The molecule has 16 heavy (non-hydrogen) atoms. The largest absolute Gasteiger partial charge is 0.374 e. The predicted molar refractivity (Wildman–Crippen MR) is 67.8 cm³/mol. The van der Waals surface area contributed by atoms with Gasteiger partial charge in [-0.2, -0.15) is 0 Å². The third kappa shape index (κ3) is 4.90. The molecule has 0 bridgehead atoms. The minimum atomic E-state index is 0.580. The van der Waals surface area contributed by atoms with Crippen LogP contribution in [0, 0.1) is 5.92 Å². The number of nitrogens with one attached hydrogen (secondary N) is 1. The Balaban J connectivity index is 2.21. The van der Waals surface area contributed by atoms with Gasteiger partial charge in [-0.15, -0.1) is 10.2 Å². The maximum absolute atomic E-state index is 5.61. The van der Waals surface area contributed by atoms with Crippen LogP contribution in [0.15, 0.2) is 0 Å². The zero-order valence-corrected chi connectivity index (χ0v) is 11.1. The number of rotatable bonds is 8. The van der Waals surface area contributed by atoms with Crippen molar-refractivity contribution in [1.29, 1.82) is 0 Å². The van der Waals surface area contributed by atoms with Gasteiger partial charge in [0.25, 0.3) is 0 Å². The molecule has 0 aromatic carbocycles. The normalized spacial score (nSPS) is 12.7. The van der Waals surface area contributed by atoms with E-state index in [1.54, 1.807) is 11.3 Å². The molecule has 1 unspecified atom stereocenters. The van der Waals surface area contributed by atoms with Crippen LogP contribution in [0.5, 0.6) is 0 Å². The van der Waals surface area contributed by atoms with Crippen LogP contribution in [-0.2, 0) is 11.3 Å². The summed E-state index contributed by atoms with van der Waals surface area (Å²) in [5.74, 6) is 0.631. The minimum absolute atomic E-state index is 0.580. The van der Waals surface area contributed by atoms with E-state index in [4.69, 9.17) is 4.74 Å². The zero-order valence-electron chi connectivity index (χ0n) is 10.3. The molecule has 0 aliphatic carbocycles. The van der Waals surface area contributed by atoms with Crippen LogP contribution >= 0.6 is 11.3 Å². The highest BCUT2D eigenvalue weighted by atomic mass is 32.1. The number of hydrogen-bond acceptors (Lipinski definition) is 5. The maximum Gasteiger partial charge on any atom is 0.205 e. The van der Waals surface area contributed by atoms with Gasteiger partial charge in [0.2, 0.25) is 5.13 Å². The Hall–Kier alpha value is -0.680. The van der Waals surface area contributed by atoms with Crippen LogP contribution in [0.1, 0.15) is 38.6 Å². The molecule has 0 saturated carbocycles. The van der Waals surface area contributed by atoms with E-state index in [1.165, 1.54) is 12.8 Å². The van der Waals surface area contributed by atoms with Crippen molar-refractivity contribution in [2.24, 2.45) is 5.92 Å². The van der Waals surface area contributed by atoms with Crippen LogP contribution in [-0.4, -0.2) is 23.3 Å². The molecule has 92 valence electrons. The fraction of sp³-hybridized carbons (Fsp3) is 0.818. The van der Waals surface area contributed by atoms with E-state index in [9.17, 15) is 0 Å². The molecule has 1 N–H and O–H groups in total. The first kappa shape index (κ1) is 13.4. The van der Waals surface area contributed by atoms with Gasteiger partial charge in [0, 0.05) is 13.2 Å². The molecule has 0 spiro atoms. The van der Waals surface area contributed by atoms with E-state index in [1.807, 2.05) is 6.92 Å². The second-order valence-electron chi connectivity index (χ2n) is 3.94. The summed E-state index contributed by atoms with van der Waals surface area (Å²) < 4.78 is 5.61. The highest BCUT2D eigenvalue weighted by molar-refractivity contribution is 7.15. The Kier molecular flexibility index (Phi) is 6.33. The highest BCUT2D eigenvalue weighted by Crippen LogP contribution is 2.16. The van der Waals surface area contributed by atoms with Crippen molar-refractivity contribution in [3.63, 3.8) is 0 Å². The average Bonchev–Trinajstić information content (AvgIpc) is 2.67. The summed E-state index contributed by atoms with van der Waals surface area (Å²) in [5.41, 5.74) is 0. The molecule has 0 radical (unpaired) electrons. The fourth-order valence-corrected chi connectivity index (χ4v) is 2.20. The third-order valence-corrected chi connectivity index (χ3v) is 3.06. The minimum Gasteiger partial charge on any atom is -0.374 e. The maximum atomic E-state index is 5.61. The van der Waals surface area contributed by atoms with Crippen molar-refractivity contribution in [2.75, 3.05) is 18.5 Å². The van der Waals surface area contributed by atoms with Crippen molar-refractivity contribution in [1.82, 2.24) is 10.2 Å². The van der Waals surface area contributed by atoms with Crippen LogP contribution in [0.3, 0.4) is 0 Å². The van der Waals surface area contributed by atoms with E-state index in [2.05, 4.69) is 29.4 Å². The molecule has 4 nitrogen and oxygen atoms in total. The van der Waals surface area contributed by atoms with Gasteiger partial charge in [-0.05, 0) is 19.3 Å². The zero-order chi connectivity index (χ0) is 11.8. The SMILES string of the molecule is CCCC(C)COCc1nnc(NCC)s1. The van der Waals surface area contributed by atoms with Gasteiger partial charge in [0.05, 0.1) is 0 Å². The van der Waals surface area contributed by atoms with Crippen LogP contribution in [0.25, 0.3) is 0 Å². The summed E-state index contributed by atoms with van der Waals surface area (Å²) in [6, 6.07) is 0. The summed E-state index contributed by atoms with van der Waals surface area (Å²) in [7, 11) is 0. The van der Waals surface area contributed by atoms with Crippen molar-refractivity contribution >= 4 is 16.5 Å². The Morgan fingerprint density at radius 1 is 1.38 bits per heavy atom. The van der Waals surface area contributed by atoms with Crippen LogP contribution in [0.2, 0.25) is 0 Å². The summed E-state index contributed by atoms with van der Waals surface area (Å²) in [4.78, 5) is 0. The molecule has 1 aromatic rings. The lowest BCUT2D eigenvalue weighted by Gasteiger charge is -2.08. The second kappa shape index (κ2) is 7.57. The predicted octanol–water partition coefficient (Wildman–Crippen LogP) is 2.92. The molecule has 1 aromatic heterocycles. The quantitative estimate of drug-likeness (QED) is 0.762. The Labute approximate surface area is 101 Å². The molecular formula is C11H21N3OS. The van der Waals surface area contributed by atoms with Crippen LogP contribution < -0.4 is 5.32 Å². The number of anilines is 1. The molecule has 0 aliphatic rings. The van der Waals surface area contributed by atoms with E-state index in [0.29, 0.717) is 12.5 Å². The lowest BCUT2D eigenvalue weighted by Crippen LogP contribution is -2.05. The molecule has 1 heterocycles. The smallest absolute Gasteiger partial charge is 0.205 e. The first-order valence-corrected chi connectivity index (χ1v) is 6.71. The average molecular weight is 243 g/mol. The van der Waals surface area contributed by atoms with Gasteiger partial charge in [0.1, 0.15) is 11.6 Å². The summed E-state index contributed by atoms with van der Waals surface area (Å²) >= 11 is 1.56. The van der Waals surface area contributed by atoms with E-state index >= 15 is 0 Å². The molecule has 0 saturated heterocycles. The summed E-state index contributed by atoms with van der Waals surface area (Å²) in [5, 5.41) is 13.0. The first-order valence-electron chi connectivity index (χ1n) is 5.90. The van der Waals surface area contributed by atoms with Gasteiger partial charge in [-0.3, -0.25) is 0 Å². The summed E-state index contributed by atoms with van der Waals surface area (Å²) in [6.07, 6.45) is 2.44. The van der Waals surface area contributed by atoms with E-state index < -0.39 is 0 Å². The van der Waals surface area contributed by atoms with Gasteiger partial charge < -0.3 is 10.1 Å². The standard InChI is InChI=1S/C11H21N3OS/c1-4-6-9(3)7-15-8-10-13-14-11(16-10)12-5-2/h9H,4-8H2,1-3H3,(H,12,14). The van der Waals surface area contributed by atoms with E-state index in [-0.39, 0.29) is 0 Å². The molecular weight excluding hydrogens is 222 g/mol. The van der Waals surface area contributed by atoms with E-state index in [0.717, 1.165) is 23.3 Å². The molecule has 1 atom stereocenters. The lowest BCUT2D eigenvalue weighted by atomic mass is 10.1. The van der Waals surface area contributed by atoms with Crippen LogP contribution in [0.4, 0.5) is 5.13 Å². The lowest BCUT2D eigenvalue weighted by molar-refractivity contribution is 0.0888. The number of aromatic nitrogens is 2. The van der Waals surface area contributed by atoms with Crippen molar-refractivity contribution in [3.8, 4) is 0 Å². The summed E-state index contributed by atoms with van der Waals surface area (Å²) in [6.45, 7) is 8.73. The van der Waals surface area contributed by atoms with Crippen molar-refractivity contribution < 1.29 is 4.74 Å². The number of hydrogen-bond donors (Lipinski definition) is 1. The van der Waals surface area contributed by atoms with Gasteiger partial charge >= 0.3 is 0 Å². The Morgan fingerprint density at radius 2 is 2.19 bits per heavy atom. The molecule has 0 amide bonds. The first-order chi connectivity index (χ1) is 7.76. The number of nitrogens with zero attached hydrogens (tertiary/aromatic N) is 2. The third-order valence-electron chi connectivity index (χ3n) is 2.20. The van der Waals surface area contributed by atoms with Crippen molar-refractivity contribution in [3.05, 3.63) is 5.01 Å². The van der Waals surface area contributed by atoms with Crippen molar-refractivity contribution in [2.45, 2.75) is 40.2 Å². The van der Waals surface area contributed by atoms with Gasteiger partial charge in [-0.25, -0.2) is 0 Å². The molecule has 5 heteroatoms. The molecule has 0 aliphatic heterocycles. The van der Waals surface area contributed by atoms with Gasteiger partial charge in [-0.1, -0.05) is 31.6 Å². The molecule has 0 fully saturated rings. The Morgan fingerprint density at radius 3 is 2.88 bits per heavy atom. The monoisotopic (exact) mass is 243 g/mol. The van der Waals surface area contributed by atoms with Gasteiger partial charge in [0.15, 0.2) is 0 Å². The highest BCUT2D eigenvalue weighted by Gasteiger charge is 2.05. The molecule has 1 rings (SSSR count). The fourth-order valence-electron chi connectivity index (χ4n) is 1.46. The number of ether oxygens (including phenoxy) is 1. The topological polar surface area (TPSA) is 47.0 Å². The second-order valence-corrected chi connectivity index (χ2v) is 5.00.